The fourth-order valence-electron chi connectivity index (χ4n) is 2.36. The van der Waals surface area contributed by atoms with Gasteiger partial charge in [-0.15, -0.1) is 0 Å². The van der Waals surface area contributed by atoms with Crippen molar-refractivity contribution in [2.45, 2.75) is 39.7 Å². The monoisotopic (exact) mass is 303 g/mol. The van der Waals surface area contributed by atoms with Gasteiger partial charge in [0, 0.05) is 18.3 Å². The predicted molar refractivity (Wildman–Crippen MR) is 88.0 cm³/mol. The van der Waals surface area contributed by atoms with E-state index in [-0.39, 0.29) is 12.5 Å². The molecule has 120 valence electrons. The molecule has 0 atom stereocenters. The van der Waals surface area contributed by atoms with Crippen LogP contribution in [0.1, 0.15) is 32.3 Å². The van der Waals surface area contributed by atoms with Gasteiger partial charge in [0.05, 0.1) is 6.61 Å². The zero-order valence-electron chi connectivity index (χ0n) is 13.5. The highest BCUT2D eigenvalue weighted by Crippen LogP contribution is 2.18. The molecule has 2 aromatic rings. The van der Waals surface area contributed by atoms with Crippen LogP contribution in [-0.2, 0) is 27.2 Å². The predicted octanol–water partition coefficient (Wildman–Crippen LogP) is 3.56. The molecular formula is C18H25NO3. The molecule has 4 nitrogen and oxygen atoms in total. The van der Waals surface area contributed by atoms with Crippen LogP contribution in [0.3, 0.4) is 0 Å². The molecule has 0 aliphatic carbocycles. The van der Waals surface area contributed by atoms with Crippen molar-refractivity contribution in [3.63, 3.8) is 0 Å². The Bertz CT molecular complexity index is 603. The van der Waals surface area contributed by atoms with E-state index in [1.165, 1.54) is 5.56 Å². The number of ether oxygens (including phenoxy) is 2. The zero-order chi connectivity index (χ0) is 15.8. The average molecular weight is 303 g/mol. The van der Waals surface area contributed by atoms with Crippen LogP contribution in [0.25, 0.3) is 10.9 Å². The second-order valence-corrected chi connectivity index (χ2v) is 5.38. The maximum atomic E-state index is 11.9. The summed E-state index contributed by atoms with van der Waals surface area (Å²) in [5, 5.41) is 1.16. The summed E-state index contributed by atoms with van der Waals surface area (Å²) < 4.78 is 12.5. The second kappa shape index (κ2) is 8.59. The molecule has 0 radical (unpaired) electrons. The smallest absolute Gasteiger partial charge is 0.326 e. The van der Waals surface area contributed by atoms with Crippen molar-refractivity contribution in [1.29, 1.82) is 0 Å². The van der Waals surface area contributed by atoms with Crippen molar-refractivity contribution in [1.82, 2.24) is 4.57 Å². The molecule has 1 heterocycles. The van der Waals surface area contributed by atoms with Crippen molar-refractivity contribution in [3.8, 4) is 0 Å². The Kier molecular flexibility index (Phi) is 6.46. The number of fused-ring (bicyclic) bond motifs is 1. The van der Waals surface area contributed by atoms with Crippen molar-refractivity contribution in [3.05, 3.63) is 36.0 Å². The van der Waals surface area contributed by atoms with Crippen molar-refractivity contribution in [2.24, 2.45) is 0 Å². The van der Waals surface area contributed by atoms with Crippen LogP contribution in [0, 0.1) is 0 Å². The van der Waals surface area contributed by atoms with Gasteiger partial charge < -0.3 is 14.0 Å². The molecule has 0 fully saturated rings. The molecule has 0 amide bonds. The van der Waals surface area contributed by atoms with E-state index in [4.69, 9.17) is 9.47 Å². The number of nitrogens with zero attached hydrogens (tertiary/aromatic N) is 1. The topological polar surface area (TPSA) is 40.5 Å². The fourth-order valence-corrected chi connectivity index (χ4v) is 2.36. The van der Waals surface area contributed by atoms with Gasteiger partial charge in [0.15, 0.2) is 0 Å². The van der Waals surface area contributed by atoms with Crippen LogP contribution in [0.2, 0.25) is 0 Å². The summed E-state index contributed by atoms with van der Waals surface area (Å²) in [4.78, 5) is 11.9. The lowest BCUT2D eigenvalue weighted by atomic mass is 10.1. The third-order valence-electron chi connectivity index (χ3n) is 3.68. The van der Waals surface area contributed by atoms with Crippen molar-refractivity contribution < 1.29 is 14.3 Å². The molecule has 0 unspecified atom stereocenters. The Morgan fingerprint density at radius 2 is 2.00 bits per heavy atom. The lowest BCUT2D eigenvalue weighted by Crippen LogP contribution is -2.16. The maximum Gasteiger partial charge on any atom is 0.326 e. The van der Waals surface area contributed by atoms with Crippen LogP contribution in [-0.4, -0.2) is 30.4 Å². The van der Waals surface area contributed by atoms with Gasteiger partial charge in [-0.3, -0.25) is 4.79 Å². The number of rotatable bonds is 9. The normalized spacial score (nSPS) is 11.0. The first-order valence-corrected chi connectivity index (χ1v) is 8.05. The van der Waals surface area contributed by atoms with E-state index in [0.29, 0.717) is 13.2 Å². The summed E-state index contributed by atoms with van der Waals surface area (Å²) >= 11 is 0. The van der Waals surface area contributed by atoms with Crippen LogP contribution in [0.4, 0.5) is 0 Å². The highest BCUT2D eigenvalue weighted by Gasteiger charge is 2.07. The highest BCUT2D eigenvalue weighted by molar-refractivity contribution is 5.82. The third-order valence-corrected chi connectivity index (χ3v) is 3.68. The highest BCUT2D eigenvalue weighted by atomic mass is 16.6. The molecule has 0 bridgehead atoms. The van der Waals surface area contributed by atoms with Crippen LogP contribution < -0.4 is 0 Å². The number of hydrogen-bond acceptors (Lipinski definition) is 3. The number of hydrogen-bond donors (Lipinski definition) is 0. The van der Waals surface area contributed by atoms with Gasteiger partial charge in [-0.2, -0.15) is 0 Å². The molecular weight excluding hydrogens is 278 g/mol. The molecule has 1 aromatic heterocycles. The number of unbranched alkanes of at least 4 members (excludes halogenated alkanes) is 1. The van der Waals surface area contributed by atoms with Crippen molar-refractivity contribution >= 4 is 16.9 Å². The molecule has 0 aliphatic rings. The SMILES string of the molecule is CCCCOCCOC(=O)Cn1ccc2cc(CC)ccc21. The number of carbonyl (C=O) groups is 1. The van der Waals surface area contributed by atoms with Gasteiger partial charge in [-0.05, 0) is 42.0 Å². The van der Waals surface area contributed by atoms with E-state index in [1.807, 2.05) is 16.8 Å². The van der Waals surface area contributed by atoms with Gasteiger partial charge in [0.2, 0.25) is 0 Å². The Labute approximate surface area is 132 Å². The molecule has 0 spiro atoms. The van der Waals surface area contributed by atoms with Crippen LogP contribution >= 0.6 is 0 Å². The summed E-state index contributed by atoms with van der Waals surface area (Å²) in [6.07, 6.45) is 5.10. The lowest BCUT2D eigenvalue weighted by molar-refractivity contribution is -0.145. The molecule has 0 saturated carbocycles. The Balaban J connectivity index is 1.82. The van der Waals surface area contributed by atoms with E-state index in [1.54, 1.807) is 0 Å². The fraction of sp³-hybridized carbons (Fsp3) is 0.500. The molecule has 2 rings (SSSR count). The number of esters is 1. The summed E-state index contributed by atoms with van der Waals surface area (Å²) in [5.74, 6) is -0.226. The number of aryl methyl sites for hydroxylation is 1. The molecule has 0 aliphatic heterocycles. The Morgan fingerprint density at radius 3 is 2.77 bits per heavy atom. The second-order valence-electron chi connectivity index (χ2n) is 5.38. The van der Waals surface area contributed by atoms with E-state index < -0.39 is 0 Å². The quantitative estimate of drug-likeness (QED) is 0.525. The third kappa shape index (κ3) is 4.60. The van der Waals surface area contributed by atoms with Crippen molar-refractivity contribution in [2.75, 3.05) is 19.8 Å². The van der Waals surface area contributed by atoms with Crippen LogP contribution in [0.15, 0.2) is 30.5 Å². The Morgan fingerprint density at radius 1 is 1.14 bits per heavy atom. The summed E-state index contributed by atoms with van der Waals surface area (Å²) in [5.41, 5.74) is 2.37. The maximum absolute atomic E-state index is 11.9. The Hall–Kier alpha value is -1.81. The summed E-state index contributed by atoms with van der Waals surface area (Å²) in [7, 11) is 0. The number of carbonyl (C=O) groups excluding carboxylic acids is 1. The number of aromatic nitrogens is 1. The molecule has 22 heavy (non-hydrogen) atoms. The van der Waals surface area contributed by atoms with E-state index >= 15 is 0 Å². The largest absolute Gasteiger partial charge is 0.462 e. The first-order chi connectivity index (χ1) is 10.7. The van der Waals surface area contributed by atoms with Gasteiger partial charge in [0.1, 0.15) is 13.2 Å². The summed E-state index contributed by atoms with van der Waals surface area (Å²) in [6.45, 7) is 6.02. The van der Waals surface area contributed by atoms with E-state index in [2.05, 4.69) is 32.0 Å². The van der Waals surface area contributed by atoms with Gasteiger partial charge in [-0.25, -0.2) is 0 Å². The lowest BCUT2D eigenvalue weighted by Gasteiger charge is -2.08. The minimum absolute atomic E-state index is 0.226. The molecule has 1 aromatic carbocycles. The standard InChI is InChI=1S/C18H25NO3/c1-3-5-10-21-11-12-22-18(20)14-19-9-8-16-13-15(4-2)6-7-17(16)19/h6-9,13H,3-5,10-12,14H2,1-2H3. The minimum atomic E-state index is -0.226. The van der Waals surface area contributed by atoms with E-state index in [0.717, 1.165) is 36.8 Å². The molecule has 0 saturated heterocycles. The van der Waals surface area contributed by atoms with Crippen LogP contribution in [0.5, 0.6) is 0 Å². The first kappa shape index (κ1) is 16.6. The van der Waals surface area contributed by atoms with E-state index in [9.17, 15) is 4.79 Å². The molecule has 0 N–H and O–H groups in total. The zero-order valence-corrected chi connectivity index (χ0v) is 13.5. The van der Waals surface area contributed by atoms with Gasteiger partial charge in [0.25, 0.3) is 0 Å². The summed E-state index contributed by atoms with van der Waals surface area (Å²) in [6, 6.07) is 8.37. The van der Waals surface area contributed by atoms with Gasteiger partial charge in [-0.1, -0.05) is 26.3 Å². The first-order valence-electron chi connectivity index (χ1n) is 8.05. The minimum Gasteiger partial charge on any atom is -0.462 e. The van der Waals surface area contributed by atoms with Gasteiger partial charge >= 0.3 is 5.97 Å². The molecule has 4 heteroatoms. The number of benzene rings is 1. The average Bonchev–Trinajstić information content (AvgIpc) is 2.92.